The molecule has 0 atom stereocenters. The van der Waals surface area contributed by atoms with E-state index in [-0.39, 0.29) is 5.91 Å². The highest BCUT2D eigenvalue weighted by molar-refractivity contribution is 6.02. The smallest absolute Gasteiger partial charge is 0.248 e. The van der Waals surface area contributed by atoms with Crippen molar-refractivity contribution in [3.8, 4) is 0 Å². The first kappa shape index (κ1) is 21.4. The zero-order valence-corrected chi connectivity index (χ0v) is 18.7. The lowest BCUT2D eigenvalue weighted by Crippen LogP contribution is -2.11. The Labute approximate surface area is 179 Å². The van der Waals surface area contributed by atoms with E-state index in [2.05, 4.69) is 47.7 Å². The molecule has 3 aromatic rings. The van der Waals surface area contributed by atoms with Crippen molar-refractivity contribution in [2.45, 2.75) is 34.2 Å². The van der Waals surface area contributed by atoms with Crippen molar-refractivity contribution >= 4 is 23.4 Å². The van der Waals surface area contributed by atoms with Crippen molar-refractivity contribution in [1.82, 2.24) is 9.78 Å². The van der Waals surface area contributed by atoms with Crippen LogP contribution in [0, 0.1) is 27.7 Å². The minimum absolute atomic E-state index is 0.152. The number of aromatic nitrogens is 2. The van der Waals surface area contributed by atoms with Gasteiger partial charge in [0.2, 0.25) is 5.91 Å². The summed E-state index contributed by atoms with van der Waals surface area (Å²) in [6.45, 7) is 8.80. The summed E-state index contributed by atoms with van der Waals surface area (Å²) in [6.07, 6.45) is 3.43. The Bertz CT molecular complexity index is 1080. The first-order chi connectivity index (χ1) is 14.2. The number of aryl methyl sites for hydroxylation is 3. The van der Waals surface area contributed by atoms with E-state index in [0.29, 0.717) is 6.54 Å². The highest BCUT2D eigenvalue weighted by atomic mass is 16.1. The molecular formula is C25H30N4O. The third kappa shape index (κ3) is 4.98. The van der Waals surface area contributed by atoms with Gasteiger partial charge in [0, 0.05) is 42.8 Å². The topological polar surface area (TPSA) is 50.2 Å². The average Bonchev–Trinajstić information content (AvgIpc) is 2.96. The first-order valence-corrected chi connectivity index (χ1v) is 10.1. The quantitative estimate of drug-likeness (QED) is 0.598. The van der Waals surface area contributed by atoms with Gasteiger partial charge in [-0.05, 0) is 63.1 Å². The van der Waals surface area contributed by atoms with Gasteiger partial charge in [0.05, 0.1) is 12.2 Å². The number of nitrogens with one attached hydrogen (secondary N) is 1. The number of hydrogen-bond acceptors (Lipinski definition) is 3. The molecule has 5 heteroatoms. The SMILES string of the molecule is Cc1ccc(Cn2nc(C)c(/C=C/C(=O)Nc3ccc(N(C)C)cc3C)c2C)cc1. The van der Waals surface area contributed by atoms with Gasteiger partial charge in [0.25, 0.3) is 0 Å². The summed E-state index contributed by atoms with van der Waals surface area (Å²) in [6, 6.07) is 14.5. The molecule has 0 saturated carbocycles. The Morgan fingerprint density at radius 3 is 2.40 bits per heavy atom. The van der Waals surface area contributed by atoms with Crippen LogP contribution in [0.15, 0.2) is 48.5 Å². The molecule has 2 aromatic carbocycles. The maximum Gasteiger partial charge on any atom is 0.248 e. The van der Waals surface area contributed by atoms with E-state index < -0.39 is 0 Å². The van der Waals surface area contributed by atoms with Gasteiger partial charge < -0.3 is 10.2 Å². The Balaban J connectivity index is 1.72. The van der Waals surface area contributed by atoms with Gasteiger partial charge in [-0.3, -0.25) is 9.48 Å². The molecule has 0 aliphatic carbocycles. The van der Waals surface area contributed by atoms with Crippen molar-refractivity contribution in [1.29, 1.82) is 0 Å². The monoisotopic (exact) mass is 402 g/mol. The Hall–Kier alpha value is -3.34. The van der Waals surface area contributed by atoms with Crippen molar-refractivity contribution < 1.29 is 4.79 Å². The molecule has 3 rings (SSSR count). The van der Waals surface area contributed by atoms with Crippen LogP contribution in [0.4, 0.5) is 11.4 Å². The zero-order chi connectivity index (χ0) is 21.8. The Morgan fingerprint density at radius 1 is 1.07 bits per heavy atom. The molecule has 30 heavy (non-hydrogen) atoms. The minimum atomic E-state index is -0.152. The van der Waals surface area contributed by atoms with Gasteiger partial charge in [-0.1, -0.05) is 29.8 Å². The van der Waals surface area contributed by atoms with Gasteiger partial charge in [-0.15, -0.1) is 0 Å². The number of carbonyl (C=O) groups excluding carboxylic acids is 1. The molecule has 1 heterocycles. The number of carbonyl (C=O) groups is 1. The summed E-state index contributed by atoms with van der Waals surface area (Å²) >= 11 is 0. The lowest BCUT2D eigenvalue weighted by molar-refractivity contribution is -0.111. The maximum atomic E-state index is 12.5. The molecule has 0 aliphatic rings. The zero-order valence-electron chi connectivity index (χ0n) is 18.7. The maximum absolute atomic E-state index is 12.5. The molecular weight excluding hydrogens is 372 g/mol. The molecule has 0 unspecified atom stereocenters. The van der Waals surface area contributed by atoms with Gasteiger partial charge in [0.15, 0.2) is 0 Å². The van der Waals surface area contributed by atoms with E-state index in [1.807, 2.05) is 62.7 Å². The molecule has 1 aromatic heterocycles. The number of hydrogen-bond donors (Lipinski definition) is 1. The molecule has 1 amide bonds. The number of nitrogens with zero attached hydrogens (tertiary/aromatic N) is 3. The summed E-state index contributed by atoms with van der Waals surface area (Å²) in [5, 5.41) is 7.63. The van der Waals surface area contributed by atoms with E-state index in [9.17, 15) is 4.79 Å². The van der Waals surface area contributed by atoms with Crippen LogP contribution in [0.5, 0.6) is 0 Å². The third-order valence-electron chi connectivity index (χ3n) is 5.28. The molecule has 0 aliphatic heterocycles. The number of rotatable bonds is 6. The second-order valence-electron chi connectivity index (χ2n) is 7.94. The second kappa shape index (κ2) is 8.99. The van der Waals surface area contributed by atoms with Crippen LogP contribution in [0.25, 0.3) is 6.08 Å². The largest absolute Gasteiger partial charge is 0.378 e. The predicted molar refractivity (Wildman–Crippen MR) is 125 cm³/mol. The van der Waals surface area contributed by atoms with E-state index in [4.69, 9.17) is 0 Å². The van der Waals surface area contributed by atoms with Crippen LogP contribution in [-0.2, 0) is 11.3 Å². The summed E-state index contributed by atoms with van der Waals surface area (Å²) in [5.41, 5.74) is 8.34. The summed E-state index contributed by atoms with van der Waals surface area (Å²) in [4.78, 5) is 14.5. The van der Waals surface area contributed by atoms with E-state index in [1.165, 1.54) is 11.1 Å². The van der Waals surface area contributed by atoms with Crippen LogP contribution < -0.4 is 10.2 Å². The van der Waals surface area contributed by atoms with Crippen LogP contribution in [-0.4, -0.2) is 29.8 Å². The Kier molecular flexibility index (Phi) is 6.40. The highest BCUT2D eigenvalue weighted by Crippen LogP contribution is 2.22. The van der Waals surface area contributed by atoms with E-state index in [1.54, 1.807) is 6.08 Å². The summed E-state index contributed by atoms with van der Waals surface area (Å²) in [5.74, 6) is -0.152. The molecule has 156 valence electrons. The van der Waals surface area contributed by atoms with Gasteiger partial charge in [-0.2, -0.15) is 5.10 Å². The molecule has 0 radical (unpaired) electrons. The lowest BCUT2D eigenvalue weighted by Gasteiger charge is -2.15. The second-order valence-corrected chi connectivity index (χ2v) is 7.94. The predicted octanol–water partition coefficient (Wildman–Crippen LogP) is 4.88. The van der Waals surface area contributed by atoms with Gasteiger partial charge in [-0.25, -0.2) is 0 Å². The van der Waals surface area contributed by atoms with Gasteiger partial charge in [0.1, 0.15) is 0 Å². The van der Waals surface area contributed by atoms with E-state index >= 15 is 0 Å². The molecule has 0 fully saturated rings. The molecule has 5 nitrogen and oxygen atoms in total. The third-order valence-corrected chi connectivity index (χ3v) is 5.28. The number of benzene rings is 2. The summed E-state index contributed by atoms with van der Waals surface area (Å²) < 4.78 is 1.99. The lowest BCUT2D eigenvalue weighted by atomic mass is 10.1. The van der Waals surface area contributed by atoms with Crippen LogP contribution >= 0.6 is 0 Å². The molecule has 1 N–H and O–H groups in total. The average molecular weight is 403 g/mol. The van der Waals surface area contributed by atoms with Crippen molar-refractivity contribution in [2.75, 3.05) is 24.3 Å². The summed E-state index contributed by atoms with van der Waals surface area (Å²) in [7, 11) is 4.00. The van der Waals surface area contributed by atoms with Crippen LogP contribution in [0.3, 0.4) is 0 Å². The fourth-order valence-electron chi connectivity index (χ4n) is 3.37. The van der Waals surface area contributed by atoms with Crippen molar-refractivity contribution in [3.05, 3.63) is 82.2 Å². The highest BCUT2D eigenvalue weighted by Gasteiger charge is 2.10. The van der Waals surface area contributed by atoms with Crippen molar-refractivity contribution in [3.63, 3.8) is 0 Å². The first-order valence-electron chi connectivity index (χ1n) is 10.1. The van der Waals surface area contributed by atoms with Gasteiger partial charge >= 0.3 is 0 Å². The van der Waals surface area contributed by atoms with E-state index in [0.717, 1.165) is 33.9 Å². The van der Waals surface area contributed by atoms with Crippen LogP contribution in [0.1, 0.15) is 33.6 Å². The standard InChI is InChI=1S/C25H30N4O/c1-17-7-9-21(10-8-17)16-29-20(4)23(19(3)27-29)12-14-25(30)26-24-13-11-22(28(5)6)15-18(24)2/h7-15H,16H2,1-6H3,(H,26,30)/b14-12+. The fraction of sp³-hybridized carbons (Fsp3) is 0.280. The normalized spacial score (nSPS) is 11.1. The Morgan fingerprint density at radius 2 is 1.77 bits per heavy atom. The number of anilines is 2. The minimum Gasteiger partial charge on any atom is -0.378 e. The molecule has 0 bridgehead atoms. The van der Waals surface area contributed by atoms with Crippen molar-refractivity contribution in [2.24, 2.45) is 0 Å². The fourth-order valence-corrected chi connectivity index (χ4v) is 3.37. The molecule has 0 spiro atoms. The molecule has 0 saturated heterocycles. The number of amides is 1. The van der Waals surface area contributed by atoms with Crippen LogP contribution in [0.2, 0.25) is 0 Å².